The molecule has 1 atom stereocenters. The highest BCUT2D eigenvalue weighted by Gasteiger charge is 2.30. The molecule has 0 unspecified atom stereocenters. The third kappa shape index (κ3) is 4.78. The number of sulfonamides is 1. The summed E-state index contributed by atoms with van der Waals surface area (Å²) in [5.74, 6) is -2.37. The number of amides is 1. The molecule has 0 spiro atoms. The number of carbonyl (C=O) groups excluding carboxylic acids is 1. The zero-order valence-corrected chi connectivity index (χ0v) is 17.9. The summed E-state index contributed by atoms with van der Waals surface area (Å²) in [6.45, 7) is 1.33. The van der Waals surface area contributed by atoms with Gasteiger partial charge < -0.3 is 5.32 Å². The molecule has 0 bridgehead atoms. The molecular weight excluding hydrogens is 424 g/mol. The Kier molecular flexibility index (Phi) is 6.36. The Bertz CT molecular complexity index is 1070. The van der Waals surface area contributed by atoms with Crippen LogP contribution < -0.4 is 5.32 Å². The standard InChI is InChI=1S/C22H25F2N3O3S/c23-19-9-8-17(14-20(19)24)31(29,30)27-12-10-26(11-13-27)15-22(28)25-21-7-3-5-16-4-1-2-6-18(16)21/h1-2,4,6,8-9,14,21H,3,5,7,10-13,15H2,(H,25,28)/t21-/m1/s1. The molecule has 0 saturated carbocycles. The van der Waals surface area contributed by atoms with E-state index in [1.165, 1.54) is 15.4 Å². The van der Waals surface area contributed by atoms with Crippen LogP contribution in [0.1, 0.15) is 30.0 Å². The molecule has 2 aromatic carbocycles. The van der Waals surface area contributed by atoms with Crippen molar-refractivity contribution < 1.29 is 22.0 Å². The van der Waals surface area contributed by atoms with Gasteiger partial charge in [0.15, 0.2) is 11.6 Å². The summed E-state index contributed by atoms with van der Waals surface area (Å²) in [7, 11) is -3.91. The molecule has 1 saturated heterocycles. The van der Waals surface area contributed by atoms with Gasteiger partial charge >= 0.3 is 0 Å². The second-order valence-corrected chi connectivity index (χ2v) is 9.91. The van der Waals surface area contributed by atoms with Crippen LogP contribution in [0.3, 0.4) is 0 Å². The fourth-order valence-electron chi connectivity index (χ4n) is 4.26. The van der Waals surface area contributed by atoms with Crippen LogP contribution in [0.2, 0.25) is 0 Å². The number of nitrogens with zero attached hydrogens (tertiary/aromatic N) is 2. The Labute approximate surface area is 180 Å². The summed E-state index contributed by atoms with van der Waals surface area (Å²) < 4.78 is 53.2. The van der Waals surface area contributed by atoms with Crippen LogP contribution in [0, 0.1) is 11.6 Å². The van der Waals surface area contributed by atoms with Crippen LogP contribution in [0.4, 0.5) is 8.78 Å². The minimum absolute atomic E-state index is 0.00693. The lowest BCUT2D eigenvalue weighted by molar-refractivity contribution is -0.123. The van der Waals surface area contributed by atoms with Gasteiger partial charge in [0.2, 0.25) is 15.9 Å². The van der Waals surface area contributed by atoms with E-state index in [0.717, 1.165) is 31.4 Å². The van der Waals surface area contributed by atoms with E-state index in [0.29, 0.717) is 19.2 Å². The van der Waals surface area contributed by atoms with Crippen molar-refractivity contribution in [3.05, 3.63) is 65.2 Å². The molecule has 166 valence electrons. The summed E-state index contributed by atoms with van der Waals surface area (Å²) >= 11 is 0. The number of rotatable bonds is 5. The molecule has 0 aromatic heterocycles. The highest BCUT2D eigenvalue weighted by atomic mass is 32.2. The Hall–Kier alpha value is -2.36. The second-order valence-electron chi connectivity index (χ2n) is 7.97. The van der Waals surface area contributed by atoms with E-state index < -0.39 is 21.7 Å². The lowest BCUT2D eigenvalue weighted by atomic mass is 9.88. The van der Waals surface area contributed by atoms with E-state index in [4.69, 9.17) is 0 Å². The monoisotopic (exact) mass is 449 g/mol. The van der Waals surface area contributed by atoms with E-state index in [2.05, 4.69) is 17.4 Å². The number of benzene rings is 2. The van der Waals surface area contributed by atoms with Crippen LogP contribution in [0.15, 0.2) is 47.4 Å². The number of hydrogen-bond donors (Lipinski definition) is 1. The van der Waals surface area contributed by atoms with Gasteiger partial charge in [-0.15, -0.1) is 0 Å². The lowest BCUT2D eigenvalue weighted by Crippen LogP contribution is -2.51. The molecule has 2 aromatic rings. The van der Waals surface area contributed by atoms with Gasteiger partial charge in [-0.2, -0.15) is 4.31 Å². The van der Waals surface area contributed by atoms with Crippen molar-refractivity contribution in [2.75, 3.05) is 32.7 Å². The molecule has 1 N–H and O–H groups in total. The van der Waals surface area contributed by atoms with Crippen LogP contribution in [0.5, 0.6) is 0 Å². The normalized spacial score (nSPS) is 20.3. The maximum absolute atomic E-state index is 13.5. The van der Waals surface area contributed by atoms with Crippen LogP contribution in [-0.4, -0.2) is 56.3 Å². The van der Waals surface area contributed by atoms with Crippen molar-refractivity contribution >= 4 is 15.9 Å². The predicted octanol–water partition coefficient (Wildman–Crippen LogP) is 2.46. The molecule has 1 fully saturated rings. The summed E-state index contributed by atoms with van der Waals surface area (Å²) in [6.07, 6.45) is 2.96. The number of piperazine rings is 1. The second kappa shape index (κ2) is 9.02. The SMILES string of the molecule is O=C(CN1CCN(S(=O)(=O)c2ccc(F)c(F)c2)CC1)N[C@@H]1CCCc2ccccc21. The Morgan fingerprint density at radius 3 is 2.52 bits per heavy atom. The number of nitrogens with one attached hydrogen (secondary N) is 1. The average Bonchev–Trinajstić information content (AvgIpc) is 2.76. The quantitative estimate of drug-likeness (QED) is 0.762. The van der Waals surface area contributed by atoms with Crippen molar-refractivity contribution in [2.24, 2.45) is 0 Å². The van der Waals surface area contributed by atoms with E-state index in [1.807, 2.05) is 17.0 Å². The molecule has 2 aliphatic rings. The van der Waals surface area contributed by atoms with Crippen LogP contribution >= 0.6 is 0 Å². The largest absolute Gasteiger partial charge is 0.348 e. The molecule has 1 heterocycles. The van der Waals surface area contributed by atoms with E-state index in [9.17, 15) is 22.0 Å². The zero-order chi connectivity index (χ0) is 22.0. The van der Waals surface area contributed by atoms with Crippen LogP contribution in [0.25, 0.3) is 0 Å². The van der Waals surface area contributed by atoms with Crippen molar-refractivity contribution in [1.82, 2.24) is 14.5 Å². The molecule has 0 radical (unpaired) electrons. The van der Waals surface area contributed by atoms with Crippen molar-refractivity contribution in [1.29, 1.82) is 0 Å². The maximum atomic E-state index is 13.5. The van der Waals surface area contributed by atoms with Gasteiger partial charge in [-0.3, -0.25) is 9.69 Å². The fraction of sp³-hybridized carbons (Fsp3) is 0.409. The molecule has 6 nitrogen and oxygen atoms in total. The average molecular weight is 450 g/mol. The Morgan fingerprint density at radius 2 is 1.77 bits per heavy atom. The predicted molar refractivity (Wildman–Crippen MR) is 112 cm³/mol. The maximum Gasteiger partial charge on any atom is 0.243 e. The number of carbonyl (C=O) groups is 1. The zero-order valence-electron chi connectivity index (χ0n) is 17.1. The summed E-state index contributed by atoms with van der Waals surface area (Å²) in [4.78, 5) is 14.2. The fourth-order valence-corrected chi connectivity index (χ4v) is 5.70. The van der Waals surface area contributed by atoms with Crippen molar-refractivity contribution in [2.45, 2.75) is 30.2 Å². The van der Waals surface area contributed by atoms with Gasteiger partial charge in [0.1, 0.15) is 0 Å². The highest BCUT2D eigenvalue weighted by molar-refractivity contribution is 7.89. The number of aryl methyl sites for hydroxylation is 1. The lowest BCUT2D eigenvalue weighted by Gasteiger charge is -2.34. The van der Waals surface area contributed by atoms with Crippen molar-refractivity contribution in [3.8, 4) is 0 Å². The first-order valence-corrected chi connectivity index (χ1v) is 11.8. The number of hydrogen-bond acceptors (Lipinski definition) is 4. The third-order valence-corrected chi connectivity index (χ3v) is 7.83. The Balaban J connectivity index is 1.32. The number of fused-ring (bicyclic) bond motifs is 1. The molecule has 1 aliphatic heterocycles. The first-order valence-electron chi connectivity index (χ1n) is 10.4. The van der Waals surface area contributed by atoms with Gasteiger partial charge in [0.25, 0.3) is 0 Å². The van der Waals surface area contributed by atoms with Gasteiger partial charge in [0.05, 0.1) is 17.5 Å². The summed E-state index contributed by atoms with van der Waals surface area (Å²) in [6, 6.07) is 10.7. The van der Waals surface area contributed by atoms with Gasteiger partial charge in [-0.05, 0) is 48.6 Å². The first-order chi connectivity index (χ1) is 14.8. The van der Waals surface area contributed by atoms with E-state index in [1.54, 1.807) is 0 Å². The topological polar surface area (TPSA) is 69.7 Å². The van der Waals surface area contributed by atoms with Gasteiger partial charge in [-0.25, -0.2) is 17.2 Å². The van der Waals surface area contributed by atoms with Gasteiger partial charge in [0, 0.05) is 26.2 Å². The van der Waals surface area contributed by atoms with E-state index >= 15 is 0 Å². The minimum atomic E-state index is -3.91. The molecule has 4 rings (SSSR count). The summed E-state index contributed by atoms with van der Waals surface area (Å²) in [5.41, 5.74) is 2.44. The third-order valence-electron chi connectivity index (χ3n) is 5.93. The molecule has 31 heavy (non-hydrogen) atoms. The van der Waals surface area contributed by atoms with Crippen molar-refractivity contribution in [3.63, 3.8) is 0 Å². The first kappa shape index (κ1) is 21.9. The Morgan fingerprint density at radius 1 is 1.03 bits per heavy atom. The molecular formula is C22H25F2N3O3S. The van der Waals surface area contributed by atoms with Crippen LogP contribution in [-0.2, 0) is 21.2 Å². The highest BCUT2D eigenvalue weighted by Crippen LogP contribution is 2.29. The summed E-state index contributed by atoms with van der Waals surface area (Å²) in [5, 5.41) is 3.11. The molecule has 1 aliphatic carbocycles. The smallest absolute Gasteiger partial charge is 0.243 e. The van der Waals surface area contributed by atoms with Gasteiger partial charge in [-0.1, -0.05) is 24.3 Å². The molecule has 9 heteroatoms. The number of halogens is 2. The van der Waals surface area contributed by atoms with E-state index in [-0.39, 0.29) is 36.5 Å². The minimum Gasteiger partial charge on any atom is -0.348 e. The molecule has 1 amide bonds.